The van der Waals surface area contributed by atoms with E-state index in [1.807, 2.05) is 0 Å². The summed E-state index contributed by atoms with van der Waals surface area (Å²) in [6.07, 6.45) is 0. The number of halogens is 1. The van der Waals surface area contributed by atoms with Crippen molar-refractivity contribution in [2.24, 2.45) is 0 Å². The molecule has 8 heteroatoms. The molecular weight excluding hydrogens is 338 g/mol. The number of rotatable bonds is 7. The van der Waals surface area contributed by atoms with Gasteiger partial charge in [-0.2, -0.15) is 0 Å². The van der Waals surface area contributed by atoms with Crippen LogP contribution in [0.4, 0.5) is 5.69 Å². The zero-order valence-electron chi connectivity index (χ0n) is 10.2. The van der Waals surface area contributed by atoms with E-state index >= 15 is 0 Å². The maximum Gasteiger partial charge on any atom is 0.336 e. The molecule has 2 N–H and O–H groups in total. The molecule has 0 amide bonds. The first-order valence-corrected chi connectivity index (χ1v) is 7.91. The molecule has 0 bridgehead atoms. The number of anilines is 1. The van der Waals surface area contributed by atoms with E-state index in [2.05, 4.69) is 20.7 Å². The molecule has 0 aliphatic carbocycles. The first-order chi connectivity index (χ1) is 8.85. The SMILES string of the molecule is CCOCCS(=O)(=O)Nc1ccc(Br)c(C(=O)O)c1. The minimum Gasteiger partial charge on any atom is -0.478 e. The van der Waals surface area contributed by atoms with E-state index in [0.717, 1.165) is 0 Å². The van der Waals surface area contributed by atoms with Gasteiger partial charge < -0.3 is 9.84 Å². The van der Waals surface area contributed by atoms with Gasteiger partial charge in [-0.25, -0.2) is 13.2 Å². The summed E-state index contributed by atoms with van der Waals surface area (Å²) in [7, 11) is -3.55. The number of hydrogen-bond donors (Lipinski definition) is 2. The highest BCUT2D eigenvalue weighted by Crippen LogP contribution is 2.21. The summed E-state index contributed by atoms with van der Waals surface area (Å²) in [6.45, 7) is 2.30. The van der Waals surface area contributed by atoms with Gasteiger partial charge in [0.15, 0.2) is 0 Å². The van der Waals surface area contributed by atoms with Gasteiger partial charge in [0.1, 0.15) is 0 Å². The van der Waals surface area contributed by atoms with Gasteiger partial charge in [-0.05, 0) is 41.1 Å². The number of carboxylic acids is 1. The lowest BCUT2D eigenvalue weighted by atomic mass is 10.2. The van der Waals surface area contributed by atoms with Crippen molar-refractivity contribution < 1.29 is 23.1 Å². The van der Waals surface area contributed by atoms with E-state index in [4.69, 9.17) is 9.84 Å². The van der Waals surface area contributed by atoms with Crippen molar-refractivity contribution >= 4 is 37.6 Å². The summed E-state index contributed by atoms with van der Waals surface area (Å²) in [6, 6.07) is 4.21. The number of aromatic carboxylic acids is 1. The van der Waals surface area contributed by atoms with Crippen molar-refractivity contribution in [1.29, 1.82) is 0 Å². The van der Waals surface area contributed by atoms with E-state index in [0.29, 0.717) is 11.1 Å². The summed E-state index contributed by atoms with van der Waals surface area (Å²) in [5.74, 6) is -1.32. The van der Waals surface area contributed by atoms with Crippen LogP contribution in [0.25, 0.3) is 0 Å². The molecule has 0 atom stereocenters. The molecule has 106 valence electrons. The van der Waals surface area contributed by atoms with Crippen LogP contribution in [0.15, 0.2) is 22.7 Å². The molecule has 19 heavy (non-hydrogen) atoms. The summed E-state index contributed by atoms with van der Waals surface area (Å²) in [4.78, 5) is 10.9. The van der Waals surface area contributed by atoms with Crippen LogP contribution >= 0.6 is 15.9 Å². The monoisotopic (exact) mass is 351 g/mol. The van der Waals surface area contributed by atoms with Crippen LogP contribution in [0.3, 0.4) is 0 Å². The van der Waals surface area contributed by atoms with Gasteiger partial charge in [0.05, 0.1) is 17.9 Å². The Kier molecular flexibility index (Phi) is 5.77. The highest BCUT2D eigenvalue weighted by molar-refractivity contribution is 9.10. The molecule has 0 aliphatic rings. The normalized spacial score (nSPS) is 11.3. The Balaban J connectivity index is 2.82. The fourth-order valence-corrected chi connectivity index (χ4v) is 2.64. The Bertz CT molecular complexity index is 558. The molecular formula is C11H14BrNO5S. The van der Waals surface area contributed by atoms with Gasteiger partial charge in [-0.1, -0.05) is 0 Å². The summed E-state index contributed by atoms with van der Waals surface area (Å²) < 4.78 is 31.0. The number of nitrogens with one attached hydrogen (secondary N) is 1. The lowest BCUT2D eigenvalue weighted by Crippen LogP contribution is -2.20. The van der Waals surface area contributed by atoms with Crippen molar-refractivity contribution in [3.63, 3.8) is 0 Å². The minimum atomic E-state index is -3.55. The second kappa shape index (κ2) is 6.88. The Morgan fingerprint density at radius 1 is 1.47 bits per heavy atom. The van der Waals surface area contributed by atoms with Crippen LogP contribution in [-0.2, 0) is 14.8 Å². The van der Waals surface area contributed by atoms with Gasteiger partial charge in [-0.3, -0.25) is 4.72 Å². The van der Waals surface area contributed by atoms with Crippen molar-refractivity contribution in [3.05, 3.63) is 28.2 Å². The zero-order valence-corrected chi connectivity index (χ0v) is 12.6. The fraction of sp³-hybridized carbons (Fsp3) is 0.364. The molecule has 0 spiro atoms. The topological polar surface area (TPSA) is 92.7 Å². The van der Waals surface area contributed by atoms with E-state index in [9.17, 15) is 13.2 Å². The number of carbonyl (C=O) groups is 1. The average Bonchev–Trinajstić information content (AvgIpc) is 2.31. The zero-order chi connectivity index (χ0) is 14.5. The predicted octanol–water partition coefficient (Wildman–Crippen LogP) is 1.93. The molecule has 0 heterocycles. The first-order valence-electron chi connectivity index (χ1n) is 5.47. The molecule has 0 saturated carbocycles. The smallest absolute Gasteiger partial charge is 0.336 e. The number of ether oxygens (including phenoxy) is 1. The van der Waals surface area contributed by atoms with Gasteiger partial charge in [-0.15, -0.1) is 0 Å². The molecule has 0 saturated heterocycles. The van der Waals surface area contributed by atoms with Crippen LogP contribution in [0, 0.1) is 0 Å². The Morgan fingerprint density at radius 2 is 2.16 bits per heavy atom. The van der Waals surface area contributed by atoms with Crippen molar-refractivity contribution in [2.45, 2.75) is 6.92 Å². The molecule has 0 aliphatic heterocycles. The highest BCUT2D eigenvalue weighted by atomic mass is 79.9. The third kappa shape index (κ3) is 5.17. The Morgan fingerprint density at radius 3 is 2.74 bits per heavy atom. The summed E-state index contributed by atoms with van der Waals surface area (Å²) in [5.41, 5.74) is 0.196. The molecule has 6 nitrogen and oxygen atoms in total. The Hall–Kier alpha value is -1.12. The number of carboxylic acid groups (broad SMARTS) is 1. The van der Waals surface area contributed by atoms with Crippen LogP contribution in [-0.4, -0.2) is 38.5 Å². The molecule has 1 aromatic carbocycles. The number of sulfonamides is 1. The molecule has 1 rings (SSSR count). The third-order valence-corrected chi connectivity index (χ3v) is 4.11. The molecule has 0 aromatic heterocycles. The number of hydrogen-bond acceptors (Lipinski definition) is 4. The summed E-state index contributed by atoms with van der Waals surface area (Å²) in [5, 5.41) is 8.93. The van der Waals surface area contributed by atoms with Crippen molar-refractivity contribution in [3.8, 4) is 0 Å². The largest absolute Gasteiger partial charge is 0.478 e. The highest BCUT2D eigenvalue weighted by Gasteiger charge is 2.13. The van der Waals surface area contributed by atoms with Crippen LogP contribution in [0.5, 0.6) is 0 Å². The summed E-state index contributed by atoms with van der Waals surface area (Å²) >= 11 is 3.08. The van der Waals surface area contributed by atoms with Gasteiger partial charge in [0, 0.05) is 16.8 Å². The lowest BCUT2D eigenvalue weighted by Gasteiger charge is -2.09. The molecule has 0 unspecified atom stereocenters. The van der Waals surface area contributed by atoms with Crippen LogP contribution in [0.2, 0.25) is 0 Å². The van der Waals surface area contributed by atoms with Gasteiger partial charge in [0.2, 0.25) is 10.0 Å². The quantitative estimate of drug-likeness (QED) is 0.732. The van der Waals surface area contributed by atoms with E-state index in [1.54, 1.807) is 6.92 Å². The predicted molar refractivity (Wildman–Crippen MR) is 75.0 cm³/mol. The molecule has 1 aromatic rings. The maximum absolute atomic E-state index is 11.7. The maximum atomic E-state index is 11.7. The second-order valence-electron chi connectivity index (χ2n) is 3.62. The average molecular weight is 352 g/mol. The third-order valence-electron chi connectivity index (χ3n) is 2.17. The van der Waals surface area contributed by atoms with Crippen molar-refractivity contribution in [1.82, 2.24) is 0 Å². The van der Waals surface area contributed by atoms with E-state index < -0.39 is 16.0 Å². The second-order valence-corrected chi connectivity index (χ2v) is 6.31. The molecule has 0 fully saturated rings. The van der Waals surface area contributed by atoms with Gasteiger partial charge >= 0.3 is 5.97 Å². The van der Waals surface area contributed by atoms with Crippen LogP contribution in [0.1, 0.15) is 17.3 Å². The minimum absolute atomic E-state index is 0.00925. The first kappa shape index (κ1) is 15.9. The Labute approximate surface area is 120 Å². The van der Waals surface area contributed by atoms with E-state index in [1.165, 1.54) is 18.2 Å². The van der Waals surface area contributed by atoms with Gasteiger partial charge in [0.25, 0.3) is 0 Å². The van der Waals surface area contributed by atoms with Crippen molar-refractivity contribution in [2.75, 3.05) is 23.7 Å². The van der Waals surface area contributed by atoms with E-state index in [-0.39, 0.29) is 23.6 Å². The fourth-order valence-electron chi connectivity index (χ4n) is 1.30. The lowest BCUT2D eigenvalue weighted by molar-refractivity contribution is 0.0696. The number of benzene rings is 1. The molecule has 0 radical (unpaired) electrons. The standard InChI is InChI=1S/C11H14BrNO5S/c1-2-18-5-6-19(16,17)13-8-3-4-10(12)9(7-8)11(14)15/h3-4,7,13H,2,5-6H2,1H3,(H,14,15). The van der Waals surface area contributed by atoms with Crippen LogP contribution < -0.4 is 4.72 Å².